The summed E-state index contributed by atoms with van der Waals surface area (Å²) in [5, 5.41) is 1.21. The van der Waals surface area contributed by atoms with Crippen molar-refractivity contribution in [1.82, 2.24) is 9.80 Å². The summed E-state index contributed by atoms with van der Waals surface area (Å²) >= 11 is 12.6. The second kappa shape index (κ2) is 13.9. The predicted octanol–water partition coefficient (Wildman–Crippen LogP) is 6.10. The predicted molar refractivity (Wildman–Crippen MR) is 152 cm³/mol. The lowest BCUT2D eigenvalue weighted by molar-refractivity contribution is -0.116. The molecule has 0 N–H and O–H groups in total. The molecule has 0 atom stereocenters. The van der Waals surface area contributed by atoms with Crippen LogP contribution in [0.15, 0.2) is 36.4 Å². The highest BCUT2D eigenvalue weighted by molar-refractivity contribution is 6.43. The lowest BCUT2D eigenvalue weighted by atomic mass is 10.1. The third-order valence-corrected chi connectivity index (χ3v) is 7.55. The Morgan fingerprint density at radius 2 is 1.70 bits per heavy atom. The van der Waals surface area contributed by atoms with Gasteiger partial charge in [-0.3, -0.25) is 9.69 Å². The van der Waals surface area contributed by atoms with Gasteiger partial charge < -0.3 is 14.5 Å². The monoisotopic (exact) mass is 548 g/mol. The van der Waals surface area contributed by atoms with Gasteiger partial charge in [-0.15, -0.1) is 0 Å². The van der Waals surface area contributed by atoms with E-state index in [2.05, 4.69) is 9.80 Å². The number of hydrogen-bond acceptors (Lipinski definition) is 5. The Morgan fingerprint density at radius 1 is 1.00 bits per heavy atom. The van der Waals surface area contributed by atoms with Crippen LogP contribution in [0.25, 0.3) is 0 Å². The van der Waals surface area contributed by atoms with Gasteiger partial charge in [-0.1, -0.05) is 35.3 Å². The number of rotatable bonds is 10. The Kier molecular flexibility index (Phi) is 10.9. The maximum Gasteiger partial charge on any atom is 0.331 e. The van der Waals surface area contributed by atoms with Crippen molar-refractivity contribution >= 4 is 46.5 Å². The quantitative estimate of drug-likeness (QED) is 0.336. The van der Waals surface area contributed by atoms with Crippen LogP contribution in [0.4, 0.5) is 16.2 Å². The van der Waals surface area contributed by atoms with E-state index in [4.69, 9.17) is 27.9 Å². The van der Waals surface area contributed by atoms with E-state index < -0.39 is 0 Å². The first-order valence-electron chi connectivity index (χ1n) is 13.0. The Hall–Kier alpha value is -2.48. The normalized spacial score (nSPS) is 13.9. The molecule has 1 aliphatic heterocycles. The maximum atomic E-state index is 13.0. The van der Waals surface area contributed by atoms with Crippen molar-refractivity contribution in [3.63, 3.8) is 0 Å². The number of nitrogens with zero attached hydrogens (tertiary/aromatic N) is 4. The number of ether oxygens (including phenoxy) is 1. The number of carbonyl (C=O) groups is 2. The van der Waals surface area contributed by atoms with Crippen LogP contribution in [0, 0.1) is 6.92 Å². The fourth-order valence-corrected chi connectivity index (χ4v) is 4.95. The highest BCUT2D eigenvalue weighted by Gasteiger charge is 2.26. The number of benzene rings is 2. The van der Waals surface area contributed by atoms with Crippen LogP contribution in [0.2, 0.25) is 10.0 Å². The molecule has 1 aliphatic rings. The third-order valence-electron chi connectivity index (χ3n) is 6.74. The number of amides is 3. The zero-order valence-corrected chi connectivity index (χ0v) is 23.8. The number of hydrogen-bond donors (Lipinski definition) is 0. The number of carbonyl (C=O) groups excluding carboxylic acids is 2. The van der Waals surface area contributed by atoms with E-state index in [0.717, 1.165) is 56.8 Å². The lowest BCUT2D eigenvalue weighted by Gasteiger charge is -2.36. The van der Waals surface area contributed by atoms with Crippen molar-refractivity contribution in [1.29, 1.82) is 0 Å². The van der Waals surface area contributed by atoms with Gasteiger partial charge in [-0.05, 0) is 63.9 Å². The van der Waals surface area contributed by atoms with E-state index in [-0.39, 0.29) is 11.9 Å². The molecule has 7 nitrogen and oxygen atoms in total. The molecule has 0 aliphatic carbocycles. The molecule has 37 heavy (non-hydrogen) atoms. The van der Waals surface area contributed by atoms with Gasteiger partial charge in [0.15, 0.2) is 0 Å². The number of piperazine rings is 1. The minimum Gasteiger partial charge on any atom is -0.494 e. The summed E-state index contributed by atoms with van der Waals surface area (Å²) in [7, 11) is 0. The molecule has 3 amide bonds. The Bertz CT molecular complexity index is 1070. The molecule has 202 valence electrons. The van der Waals surface area contributed by atoms with Crippen molar-refractivity contribution < 1.29 is 14.3 Å². The van der Waals surface area contributed by atoms with Crippen molar-refractivity contribution in [2.45, 2.75) is 40.5 Å². The molecule has 1 fully saturated rings. The van der Waals surface area contributed by atoms with Gasteiger partial charge in [0.1, 0.15) is 5.75 Å². The summed E-state index contributed by atoms with van der Waals surface area (Å²) in [6, 6.07) is 11.0. The van der Waals surface area contributed by atoms with Crippen LogP contribution < -0.4 is 14.5 Å². The molecule has 1 heterocycles. The first kappa shape index (κ1) is 29.1. The summed E-state index contributed by atoms with van der Waals surface area (Å²) in [6.45, 7) is 13.6. The molecule has 2 aromatic rings. The van der Waals surface area contributed by atoms with Gasteiger partial charge in [0.25, 0.3) is 0 Å². The molecule has 0 saturated carbocycles. The van der Waals surface area contributed by atoms with E-state index >= 15 is 0 Å². The van der Waals surface area contributed by atoms with E-state index in [9.17, 15) is 9.59 Å². The molecule has 1 saturated heterocycles. The van der Waals surface area contributed by atoms with Gasteiger partial charge in [0.2, 0.25) is 5.91 Å². The Labute approximate surface area is 230 Å². The summed E-state index contributed by atoms with van der Waals surface area (Å²) in [5.74, 6) is 0.348. The molecular weight excluding hydrogens is 511 g/mol. The van der Waals surface area contributed by atoms with Crippen molar-refractivity contribution in [3.8, 4) is 5.75 Å². The minimum atomic E-state index is -0.310. The van der Waals surface area contributed by atoms with Gasteiger partial charge in [0.05, 0.1) is 28.0 Å². The Balaban J connectivity index is 1.47. The summed E-state index contributed by atoms with van der Waals surface area (Å²) in [4.78, 5) is 33.0. The molecule has 0 unspecified atom stereocenters. The van der Waals surface area contributed by atoms with Crippen molar-refractivity contribution in [3.05, 3.63) is 52.0 Å². The van der Waals surface area contributed by atoms with E-state index in [1.54, 1.807) is 11.0 Å². The number of unbranched alkanes of at least 4 members (excludes halogenated alkanes) is 1. The molecular formula is C28H38Cl2N4O3. The zero-order valence-electron chi connectivity index (χ0n) is 22.3. The average Bonchev–Trinajstić information content (AvgIpc) is 2.88. The second-order valence-electron chi connectivity index (χ2n) is 9.21. The summed E-state index contributed by atoms with van der Waals surface area (Å²) in [5.41, 5.74) is 2.42. The summed E-state index contributed by atoms with van der Waals surface area (Å²) in [6.07, 6.45) is 1.94. The number of imide groups is 1. The fraction of sp³-hybridized carbons (Fsp3) is 0.500. The van der Waals surface area contributed by atoms with Crippen molar-refractivity contribution in [2.75, 3.05) is 62.2 Å². The molecule has 3 rings (SSSR count). The van der Waals surface area contributed by atoms with E-state index in [0.29, 0.717) is 41.2 Å². The molecule has 0 bridgehead atoms. The molecule has 0 aromatic heterocycles. The number of halogens is 2. The SMILES string of the molecule is CCN(CC)C(=O)N(C(C)=O)c1cc(OCCCCN2CCN(c3cccc(Cl)c3Cl)CC2)ccc1C. The smallest absolute Gasteiger partial charge is 0.331 e. The van der Waals surface area contributed by atoms with Crippen LogP contribution in [-0.4, -0.2) is 74.2 Å². The maximum absolute atomic E-state index is 13.0. The Morgan fingerprint density at radius 3 is 2.35 bits per heavy atom. The number of aryl methyl sites for hydroxylation is 1. The minimum absolute atomic E-state index is 0.310. The zero-order chi connectivity index (χ0) is 26.9. The first-order valence-corrected chi connectivity index (χ1v) is 13.8. The van der Waals surface area contributed by atoms with Gasteiger partial charge in [-0.25, -0.2) is 9.69 Å². The van der Waals surface area contributed by atoms with E-state index in [1.165, 1.54) is 11.8 Å². The fourth-order valence-electron chi connectivity index (χ4n) is 4.54. The van der Waals surface area contributed by atoms with Crippen LogP contribution in [0.5, 0.6) is 5.75 Å². The average molecular weight is 550 g/mol. The van der Waals surface area contributed by atoms with Gasteiger partial charge in [-0.2, -0.15) is 0 Å². The van der Waals surface area contributed by atoms with E-state index in [1.807, 2.05) is 51.1 Å². The molecule has 2 aromatic carbocycles. The first-order chi connectivity index (χ1) is 17.8. The van der Waals surface area contributed by atoms with Crippen LogP contribution >= 0.6 is 23.2 Å². The molecule has 9 heteroatoms. The second-order valence-corrected chi connectivity index (χ2v) is 10.00. The van der Waals surface area contributed by atoms with Crippen LogP contribution in [0.1, 0.15) is 39.2 Å². The van der Waals surface area contributed by atoms with Gasteiger partial charge in [0, 0.05) is 52.3 Å². The van der Waals surface area contributed by atoms with Crippen LogP contribution in [-0.2, 0) is 4.79 Å². The standard InChI is InChI=1S/C28H38Cl2N4O3/c1-5-32(6-2)28(36)34(22(4)35)26-20-23(13-12-21(26)3)37-19-8-7-14-31-15-17-33(18-16-31)25-11-9-10-24(29)27(25)30/h9-13,20H,5-8,14-19H2,1-4H3. The topological polar surface area (TPSA) is 56.3 Å². The summed E-state index contributed by atoms with van der Waals surface area (Å²) < 4.78 is 6.00. The lowest BCUT2D eigenvalue weighted by Crippen LogP contribution is -2.46. The molecule has 0 radical (unpaired) electrons. The number of urea groups is 1. The highest BCUT2D eigenvalue weighted by atomic mass is 35.5. The van der Waals surface area contributed by atoms with Crippen molar-refractivity contribution in [2.24, 2.45) is 0 Å². The molecule has 0 spiro atoms. The highest BCUT2D eigenvalue weighted by Crippen LogP contribution is 2.33. The number of anilines is 2. The van der Waals surface area contributed by atoms with Crippen LogP contribution in [0.3, 0.4) is 0 Å². The largest absolute Gasteiger partial charge is 0.494 e. The van der Waals surface area contributed by atoms with Gasteiger partial charge >= 0.3 is 6.03 Å². The third kappa shape index (κ3) is 7.53.